The summed E-state index contributed by atoms with van der Waals surface area (Å²) in [5, 5.41) is 40.3. The summed E-state index contributed by atoms with van der Waals surface area (Å²) in [4.78, 5) is 83.2. The van der Waals surface area contributed by atoms with E-state index in [9.17, 15) is 39.3 Å². The van der Waals surface area contributed by atoms with Crippen molar-refractivity contribution >= 4 is 35.6 Å². The maximum Gasteiger partial charge on any atom is 0.338 e. The van der Waals surface area contributed by atoms with Crippen LogP contribution in [0.4, 0.5) is 0 Å². The van der Waals surface area contributed by atoms with Gasteiger partial charge in [0, 0.05) is 43.6 Å². The minimum atomic E-state index is -2.32. The number of hydrogen-bond acceptors (Lipinski definition) is 14. The first kappa shape index (κ1) is 42.9. The number of Topliss-reactive ketones (excluding diaryl/α,β-unsaturated/α-hetero) is 1. The lowest BCUT2D eigenvalue weighted by Crippen LogP contribution is -2.81. The second-order valence-electron chi connectivity index (χ2n) is 17.5. The standard InChI is InChI=1S/C47H49NO14/c1-24-33-30(60-43(56)36(52)35(27-15-9-6-10-16-27)48-41(54)28-17-11-7-12-18-28)22-47(57)40(61-42(55)29-19-13-8-14-20-29)38-44(4,31(51)21-32-46(38,23-58-32)62-26(3)50)39(53)37(59-25(2)49)34(24)45(33,47)5/h6-20,30-33,35-38,40,51-52,57H,21-23H2,1-5H3,(H,48,54)/t30-,31-,32?,33?,35-,36+,37+,38-,40-,44+,45?,46-,47+/m0/s1. The zero-order chi connectivity index (χ0) is 44.5. The molecule has 1 aliphatic heterocycles. The smallest absolute Gasteiger partial charge is 0.338 e. The van der Waals surface area contributed by atoms with Crippen LogP contribution >= 0.6 is 0 Å². The Morgan fingerprint density at radius 2 is 1.44 bits per heavy atom. The molecule has 15 nitrogen and oxygen atoms in total. The fraction of sp³-hybridized carbons (Fsp3) is 0.447. The highest BCUT2D eigenvalue weighted by atomic mass is 16.6. The minimum Gasteiger partial charge on any atom is -0.460 e. The number of aliphatic hydroxyl groups is 3. The predicted molar refractivity (Wildman–Crippen MR) is 216 cm³/mol. The molecule has 0 aromatic heterocycles. The van der Waals surface area contributed by atoms with Crippen LogP contribution in [0.2, 0.25) is 0 Å². The molecule has 13 atom stereocenters. The van der Waals surface area contributed by atoms with E-state index in [0.717, 1.165) is 13.8 Å². The number of ether oxygens (including phenoxy) is 5. The van der Waals surface area contributed by atoms with Crippen LogP contribution in [-0.4, -0.2) is 105 Å². The maximum atomic E-state index is 15.3. The van der Waals surface area contributed by atoms with Gasteiger partial charge in [0.25, 0.3) is 5.91 Å². The largest absolute Gasteiger partial charge is 0.460 e. The fourth-order valence-corrected chi connectivity index (χ4v) is 11.4. The van der Waals surface area contributed by atoms with Gasteiger partial charge in [-0.15, -0.1) is 0 Å². The van der Waals surface area contributed by atoms with Gasteiger partial charge in [-0.2, -0.15) is 0 Å². The van der Waals surface area contributed by atoms with E-state index >= 15 is 4.79 Å². The number of aliphatic hydroxyl groups excluding tert-OH is 2. The van der Waals surface area contributed by atoms with E-state index in [1.165, 1.54) is 19.1 Å². The summed E-state index contributed by atoms with van der Waals surface area (Å²) in [5.74, 6) is -7.49. The third kappa shape index (κ3) is 6.39. The topological polar surface area (TPSA) is 221 Å². The molecule has 0 bridgehead atoms. The molecule has 15 heteroatoms. The third-order valence-corrected chi connectivity index (χ3v) is 14.2. The SMILES string of the molecule is CC(=O)O[C@H]1C(=O)[C@]2(C)[C@@H](O)CC3OC[C@@]3(OC(C)=O)[C@H]2[C@H](OC(=O)c2ccccc2)[C@]2(O)C[C@H](OC(=O)[C@H](O)[C@@H](NC(=O)c3ccccc3)c3ccccc3)C3C(C)=C1C32C. The Morgan fingerprint density at radius 1 is 0.839 bits per heavy atom. The summed E-state index contributed by atoms with van der Waals surface area (Å²) in [6, 6.07) is 23.2. The Labute approximate surface area is 357 Å². The summed E-state index contributed by atoms with van der Waals surface area (Å²) in [6.45, 7) is 6.63. The molecule has 3 unspecified atom stereocenters. The quantitative estimate of drug-likeness (QED) is 0.131. The van der Waals surface area contributed by atoms with Gasteiger partial charge in [0.1, 0.15) is 23.9 Å². The van der Waals surface area contributed by atoms with E-state index in [1.54, 1.807) is 92.7 Å². The van der Waals surface area contributed by atoms with Crippen molar-refractivity contribution in [2.24, 2.45) is 22.7 Å². The van der Waals surface area contributed by atoms with Crippen LogP contribution in [-0.2, 0) is 42.9 Å². The first-order chi connectivity index (χ1) is 29.4. The summed E-state index contributed by atoms with van der Waals surface area (Å²) in [6.07, 6.45) is -9.96. The van der Waals surface area contributed by atoms with Crippen LogP contribution in [0.5, 0.6) is 0 Å². The van der Waals surface area contributed by atoms with Gasteiger partial charge in [-0.1, -0.05) is 79.2 Å². The van der Waals surface area contributed by atoms with E-state index in [2.05, 4.69) is 5.32 Å². The van der Waals surface area contributed by atoms with Crippen molar-refractivity contribution in [1.29, 1.82) is 0 Å². The molecule has 326 valence electrons. The van der Waals surface area contributed by atoms with Gasteiger partial charge in [0.15, 0.2) is 23.6 Å². The molecule has 3 aromatic carbocycles. The van der Waals surface area contributed by atoms with Crippen molar-refractivity contribution in [3.63, 3.8) is 0 Å². The molecular weight excluding hydrogens is 803 g/mol. The molecule has 3 aromatic rings. The number of rotatable bonds is 10. The number of carbonyl (C=O) groups is 6. The van der Waals surface area contributed by atoms with Gasteiger partial charge in [-0.25, -0.2) is 9.59 Å². The Hall–Kier alpha value is -5.74. The van der Waals surface area contributed by atoms with Crippen molar-refractivity contribution in [2.75, 3.05) is 6.61 Å². The maximum absolute atomic E-state index is 15.3. The monoisotopic (exact) mass is 851 g/mol. The third-order valence-electron chi connectivity index (χ3n) is 14.2. The lowest BCUT2D eigenvalue weighted by atomic mass is 9.43. The molecule has 3 saturated carbocycles. The fourth-order valence-electron chi connectivity index (χ4n) is 11.4. The van der Waals surface area contributed by atoms with Gasteiger partial charge in [-0.05, 0) is 49.2 Å². The summed E-state index contributed by atoms with van der Waals surface area (Å²) in [5.41, 5.74) is -6.41. The average Bonchev–Trinajstić information content (AvgIpc) is 3.43. The normalized spacial score (nSPS) is 35.1. The molecule has 1 amide bonds. The Bertz CT molecular complexity index is 2340. The summed E-state index contributed by atoms with van der Waals surface area (Å²) < 4.78 is 30.4. The van der Waals surface area contributed by atoms with Crippen LogP contribution in [0, 0.1) is 22.7 Å². The molecular formula is C47H49NO14. The van der Waals surface area contributed by atoms with E-state index in [4.69, 9.17) is 23.7 Å². The van der Waals surface area contributed by atoms with Crippen LogP contribution in [0.3, 0.4) is 0 Å². The number of ketones is 1. The number of amides is 1. The number of nitrogens with one attached hydrogen (secondary N) is 1. The van der Waals surface area contributed by atoms with Crippen molar-refractivity contribution in [1.82, 2.24) is 5.32 Å². The Morgan fingerprint density at radius 3 is 2.00 bits per heavy atom. The zero-order valence-electron chi connectivity index (χ0n) is 34.8. The lowest BCUT2D eigenvalue weighted by Gasteiger charge is -2.67. The predicted octanol–water partition coefficient (Wildman–Crippen LogP) is 3.35. The van der Waals surface area contributed by atoms with Crippen molar-refractivity contribution in [3.05, 3.63) is 119 Å². The van der Waals surface area contributed by atoms with Crippen molar-refractivity contribution < 1.29 is 67.8 Å². The van der Waals surface area contributed by atoms with Gasteiger partial charge >= 0.3 is 23.9 Å². The first-order valence-corrected chi connectivity index (χ1v) is 20.6. The van der Waals surface area contributed by atoms with E-state index in [-0.39, 0.29) is 29.7 Å². The van der Waals surface area contributed by atoms with E-state index < -0.39 is 119 Å². The van der Waals surface area contributed by atoms with Gasteiger partial charge in [0.2, 0.25) is 0 Å². The molecule has 0 radical (unpaired) electrons. The van der Waals surface area contributed by atoms with Gasteiger partial charge in [-0.3, -0.25) is 19.2 Å². The molecule has 5 aliphatic rings. The van der Waals surface area contributed by atoms with Crippen LogP contribution in [0.1, 0.15) is 79.8 Å². The van der Waals surface area contributed by atoms with Gasteiger partial charge < -0.3 is 44.3 Å². The Kier molecular flexibility index (Phi) is 10.8. The molecule has 1 saturated heterocycles. The molecule has 1 heterocycles. The van der Waals surface area contributed by atoms with E-state index in [1.807, 2.05) is 0 Å². The van der Waals surface area contributed by atoms with Crippen molar-refractivity contribution in [2.45, 2.75) is 101 Å². The second-order valence-corrected chi connectivity index (χ2v) is 17.5. The molecule has 62 heavy (non-hydrogen) atoms. The van der Waals surface area contributed by atoms with Crippen LogP contribution in [0.25, 0.3) is 0 Å². The number of fused-ring (bicyclic) bond motifs is 3. The highest BCUT2D eigenvalue weighted by molar-refractivity contribution is 5.97. The highest BCUT2D eigenvalue weighted by Crippen LogP contribution is 2.72. The van der Waals surface area contributed by atoms with E-state index in [0.29, 0.717) is 11.1 Å². The van der Waals surface area contributed by atoms with Gasteiger partial charge in [0.05, 0.1) is 35.6 Å². The molecule has 8 rings (SSSR count). The van der Waals surface area contributed by atoms with Crippen molar-refractivity contribution in [3.8, 4) is 0 Å². The number of esters is 4. The summed E-state index contributed by atoms with van der Waals surface area (Å²) in [7, 11) is 0. The molecule has 4 aliphatic carbocycles. The first-order valence-electron chi connectivity index (χ1n) is 20.6. The number of hydrogen-bond donors (Lipinski definition) is 4. The average molecular weight is 852 g/mol. The lowest BCUT2D eigenvalue weighted by molar-refractivity contribution is -0.344. The minimum absolute atomic E-state index is 0.0825. The van der Waals surface area contributed by atoms with Crippen LogP contribution in [0.15, 0.2) is 102 Å². The Balaban J connectivity index is 1.26. The van der Waals surface area contributed by atoms with Crippen LogP contribution < -0.4 is 5.32 Å². The second kappa shape index (κ2) is 15.6. The highest BCUT2D eigenvalue weighted by Gasteiger charge is 2.83. The zero-order valence-corrected chi connectivity index (χ0v) is 34.8. The number of benzene rings is 3. The molecule has 4 N–H and O–H groups in total. The molecule has 4 fully saturated rings. The molecule has 0 spiro atoms. The summed E-state index contributed by atoms with van der Waals surface area (Å²) >= 11 is 0. The number of carbonyl (C=O) groups excluding carboxylic acids is 6.